The van der Waals surface area contributed by atoms with Crippen LogP contribution in [0.15, 0.2) is 95.7 Å². The quantitative estimate of drug-likeness (QED) is 0.216. The number of fused-ring (bicyclic) bond motifs is 1. The number of nitrogens with one attached hydrogen (secondary N) is 1. The molecule has 7 nitrogen and oxygen atoms in total. The second-order valence-electron chi connectivity index (χ2n) is 8.16. The van der Waals surface area contributed by atoms with E-state index in [2.05, 4.69) is 31.2 Å². The van der Waals surface area contributed by atoms with Crippen molar-refractivity contribution in [1.82, 2.24) is 9.97 Å². The Hall–Kier alpha value is -4.43. The molecule has 178 valence electrons. The lowest BCUT2D eigenvalue weighted by Gasteiger charge is -2.13. The molecule has 1 amide bonds. The van der Waals surface area contributed by atoms with E-state index in [4.69, 9.17) is 16.2 Å². The highest BCUT2D eigenvalue weighted by Gasteiger charge is 2.14. The van der Waals surface area contributed by atoms with Gasteiger partial charge in [-0.3, -0.25) is 4.79 Å². The molecule has 1 aromatic heterocycles. The van der Waals surface area contributed by atoms with Gasteiger partial charge in [-0.2, -0.15) is 0 Å². The van der Waals surface area contributed by atoms with E-state index in [0.717, 1.165) is 32.2 Å². The van der Waals surface area contributed by atoms with Crippen LogP contribution in [-0.4, -0.2) is 15.9 Å². The van der Waals surface area contributed by atoms with Crippen LogP contribution in [-0.2, 0) is 6.61 Å². The van der Waals surface area contributed by atoms with Crippen LogP contribution in [0.2, 0.25) is 0 Å². The predicted molar refractivity (Wildman–Crippen MR) is 146 cm³/mol. The molecule has 0 aliphatic carbocycles. The van der Waals surface area contributed by atoms with Gasteiger partial charge in [-0.15, -0.1) is 0 Å². The van der Waals surface area contributed by atoms with Gasteiger partial charge in [0.1, 0.15) is 24.5 Å². The molecule has 0 atom stereocenters. The van der Waals surface area contributed by atoms with Crippen LogP contribution in [0.5, 0.6) is 5.75 Å². The fraction of sp³-hybridized carbons (Fsp3) is 0.0357. The number of rotatable bonds is 7. The molecular formula is C28H22BrN5O2. The first kappa shape index (κ1) is 23.3. The summed E-state index contributed by atoms with van der Waals surface area (Å²) in [5.74, 6) is 0.825. The molecule has 0 aliphatic rings. The van der Waals surface area contributed by atoms with E-state index in [-0.39, 0.29) is 6.61 Å². The van der Waals surface area contributed by atoms with Gasteiger partial charge in [0.15, 0.2) is 0 Å². The molecular weight excluding hydrogens is 518 g/mol. The van der Waals surface area contributed by atoms with E-state index in [1.165, 1.54) is 6.33 Å². The zero-order valence-electron chi connectivity index (χ0n) is 19.1. The Bertz CT molecular complexity index is 1590. The van der Waals surface area contributed by atoms with Crippen molar-refractivity contribution in [3.63, 3.8) is 0 Å². The molecule has 4 aromatic carbocycles. The van der Waals surface area contributed by atoms with Gasteiger partial charge in [0.25, 0.3) is 0 Å². The van der Waals surface area contributed by atoms with Crippen LogP contribution in [0.25, 0.3) is 22.0 Å². The van der Waals surface area contributed by atoms with Crippen LogP contribution >= 0.6 is 15.9 Å². The van der Waals surface area contributed by atoms with Gasteiger partial charge in [0, 0.05) is 32.4 Å². The van der Waals surface area contributed by atoms with E-state index in [0.29, 0.717) is 28.4 Å². The minimum absolute atomic E-state index is 0.284. The number of nitrogens with two attached hydrogens (primary N) is 2. The number of primary amides is 1. The van der Waals surface area contributed by atoms with Crippen LogP contribution in [0.4, 0.5) is 17.2 Å². The minimum Gasteiger partial charge on any atom is -0.489 e. The maximum Gasteiger partial charge on any atom is 0.249 e. The van der Waals surface area contributed by atoms with Gasteiger partial charge in [0.05, 0.1) is 5.52 Å². The lowest BCUT2D eigenvalue weighted by molar-refractivity contribution is 0.100. The first-order chi connectivity index (χ1) is 17.5. The first-order valence-corrected chi connectivity index (χ1v) is 11.9. The summed E-state index contributed by atoms with van der Waals surface area (Å²) in [6.45, 7) is 0.284. The zero-order chi connectivity index (χ0) is 25.1. The third kappa shape index (κ3) is 4.99. The molecule has 36 heavy (non-hydrogen) atoms. The topological polar surface area (TPSA) is 116 Å². The van der Waals surface area contributed by atoms with Crippen molar-refractivity contribution in [1.29, 1.82) is 0 Å². The molecule has 0 aliphatic heterocycles. The normalized spacial score (nSPS) is 10.8. The molecule has 8 heteroatoms. The molecule has 0 bridgehead atoms. The largest absolute Gasteiger partial charge is 0.489 e. The first-order valence-electron chi connectivity index (χ1n) is 11.2. The lowest BCUT2D eigenvalue weighted by Crippen LogP contribution is -2.13. The van der Waals surface area contributed by atoms with Crippen molar-refractivity contribution in [2.24, 2.45) is 5.73 Å². The summed E-state index contributed by atoms with van der Waals surface area (Å²) >= 11 is 3.49. The maximum absolute atomic E-state index is 12.0. The molecule has 0 unspecified atom stereocenters. The van der Waals surface area contributed by atoms with E-state index in [9.17, 15) is 4.79 Å². The number of nitrogen functional groups attached to an aromatic ring is 1. The number of ether oxygens (including phenoxy) is 1. The number of hydrogen-bond acceptors (Lipinski definition) is 6. The molecule has 0 fully saturated rings. The monoisotopic (exact) mass is 539 g/mol. The van der Waals surface area contributed by atoms with Crippen molar-refractivity contribution in [2.75, 3.05) is 11.1 Å². The smallest absolute Gasteiger partial charge is 0.249 e. The number of para-hydroxylation sites is 1. The zero-order valence-corrected chi connectivity index (χ0v) is 20.7. The van der Waals surface area contributed by atoms with Crippen molar-refractivity contribution >= 4 is 49.9 Å². The van der Waals surface area contributed by atoms with Crippen LogP contribution < -0.4 is 21.5 Å². The summed E-state index contributed by atoms with van der Waals surface area (Å²) in [5.41, 5.74) is 16.7. The second-order valence-corrected chi connectivity index (χ2v) is 9.07. The molecule has 5 aromatic rings. The van der Waals surface area contributed by atoms with Gasteiger partial charge in [0.2, 0.25) is 5.91 Å². The standard InChI is InChI=1S/C28H22BrN5O2/c29-18-4-3-5-19(13-18)34-28-24-14-20(9-11-26(24)32-16-33-28)36-15-17-8-10-22(27(31)35)23(12-17)21-6-1-2-7-25(21)30/h1-14,16H,15,30H2,(H2,31,35)(H,32,33,34). The Morgan fingerprint density at radius 1 is 0.917 bits per heavy atom. The van der Waals surface area contributed by atoms with E-state index in [1.807, 2.05) is 72.8 Å². The van der Waals surface area contributed by atoms with E-state index in [1.54, 1.807) is 12.1 Å². The lowest BCUT2D eigenvalue weighted by atomic mass is 9.96. The number of carbonyl (C=O) groups excluding carboxylic acids is 1. The van der Waals surface area contributed by atoms with Crippen LogP contribution in [0.1, 0.15) is 15.9 Å². The Morgan fingerprint density at radius 2 is 1.78 bits per heavy atom. The average molecular weight is 540 g/mol. The summed E-state index contributed by atoms with van der Waals surface area (Å²) < 4.78 is 7.07. The Balaban J connectivity index is 1.42. The van der Waals surface area contributed by atoms with Crippen LogP contribution in [0.3, 0.4) is 0 Å². The maximum atomic E-state index is 12.0. The molecule has 0 saturated heterocycles. The van der Waals surface area contributed by atoms with Crippen LogP contribution in [0, 0.1) is 0 Å². The Labute approximate surface area is 216 Å². The molecule has 0 spiro atoms. The number of amides is 1. The summed E-state index contributed by atoms with van der Waals surface area (Å²) in [6.07, 6.45) is 1.53. The number of hydrogen-bond donors (Lipinski definition) is 3. The summed E-state index contributed by atoms with van der Waals surface area (Å²) in [5, 5.41) is 4.17. The number of halogens is 1. The van der Waals surface area contributed by atoms with Gasteiger partial charge in [-0.25, -0.2) is 9.97 Å². The Morgan fingerprint density at radius 3 is 2.58 bits per heavy atom. The highest BCUT2D eigenvalue weighted by Crippen LogP contribution is 2.31. The molecule has 0 radical (unpaired) electrons. The number of aromatic nitrogens is 2. The number of anilines is 3. The van der Waals surface area contributed by atoms with Gasteiger partial charge in [-0.1, -0.05) is 46.3 Å². The number of nitrogens with zero attached hydrogens (tertiary/aromatic N) is 2. The van der Waals surface area contributed by atoms with Crippen molar-refractivity contribution < 1.29 is 9.53 Å². The van der Waals surface area contributed by atoms with Crippen molar-refractivity contribution in [3.05, 3.63) is 107 Å². The highest BCUT2D eigenvalue weighted by molar-refractivity contribution is 9.10. The van der Waals surface area contributed by atoms with Crippen molar-refractivity contribution in [3.8, 4) is 16.9 Å². The summed E-state index contributed by atoms with van der Waals surface area (Å²) in [7, 11) is 0. The van der Waals surface area contributed by atoms with Gasteiger partial charge in [-0.05, 0) is 65.7 Å². The average Bonchev–Trinajstić information content (AvgIpc) is 2.88. The molecule has 5 N–H and O–H groups in total. The fourth-order valence-corrected chi connectivity index (χ4v) is 4.36. The molecule has 1 heterocycles. The molecule has 5 rings (SSSR count). The minimum atomic E-state index is -0.513. The van der Waals surface area contributed by atoms with Crippen molar-refractivity contribution in [2.45, 2.75) is 6.61 Å². The predicted octanol–water partition coefficient (Wildman–Crippen LogP) is 6.06. The fourth-order valence-electron chi connectivity index (χ4n) is 3.96. The van der Waals surface area contributed by atoms with E-state index < -0.39 is 5.91 Å². The number of benzene rings is 4. The third-order valence-corrected chi connectivity index (χ3v) is 6.19. The Kier molecular flexibility index (Phi) is 6.51. The molecule has 0 saturated carbocycles. The number of carbonyl (C=O) groups is 1. The summed E-state index contributed by atoms with van der Waals surface area (Å²) in [6, 6.07) is 26.3. The van der Waals surface area contributed by atoms with E-state index >= 15 is 0 Å². The SMILES string of the molecule is NC(=O)c1ccc(COc2ccc3ncnc(Nc4cccc(Br)c4)c3c2)cc1-c1ccccc1N. The highest BCUT2D eigenvalue weighted by atomic mass is 79.9. The second kappa shape index (κ2) is 10.1. The van der Waals surface area contributed by atoms with Gasteiger partial charge >= 0.3 is 0 Å². The summed E-state index contributed by atoms with van der Waals surface area (Å²) in [4.78, 5) is 20.8. The third-order valence-electron chi connectivity index (χ3n) is 5.70. The van der Waals surface area contributed by atoms with Gasteiger partial charge < -0.3 is 21.5 Å².